The van der Waals surface area contributed by atoms with Gasteiger partial charge in [-0.2, -0.15) is 0 Å². The number of benzene rings is 1. The van der Waals surface area contributed by atoms with Gasteiger partial charge in [-0.15, -0.1) is 0 Å². The van der Waals surface area contributed by atoms with E-state index in [9.17, 15) is 4.79 Å². The van der Waals surface area contributed by atoms with Gasteiger partial charge in [-0.1, -0.05) is 0 Å². The lowest BCUT2D eigenvalue weighted by atomic mass is 10.1. The second-order valence-corrected chi connectivity index (χ2v) is 5.69. The molecule has 1 aromatic carbocycles. The Bertz CT molecular complexity index is 434. The van der Waals surface area contributed by atoms with E-state index in [1.54, 1.807) is 0 Å². The third-order valence-corrected chi connectivity index (χ3v) is 4.04. The second kappa shape index (κ2) is 6.75. The highest BCUT2D eigenvalue weighted by Gasteiger charge is 2.21. The molecule has 1 unspecified atom stereocenters. The van der Waals surface area contributed by atoms with Gasteiger partial charge in [-0.25, -0.2) is 0 Å². The molecule has 2 rings (SSSR count). The molecule has 0 aliphatic carbocycles. The van der Waals surface area contributed by atoms with Crippen molar-refractivity contribution in [3.05, 3.63) is 29.8 Å². The third-order valence-electron chi connectivity index (χ3n) is 4.04. The third kappa shape index (κ3) is 3.51. The van der Waals surface area contributed by atoms with E-state index < -0.39 is 0 Å². The van der Waals surface area contributed by atoms with Crippen LogP contribution in [0.15, 0.2) is 24.3 Å². The smallest absolute Gasteiger partial charge is 0.253 e. The maximum Gasteiger partial charge on any atom is 0.253 e. The SMILES string of the molecule is CN(C)c1ccc(C(=O)N(C)C2CCCNCC2)cc1. The van der Waals surface area contributed by atoms with E-state index >= 15 is 0 Å². The average Bonchev–Trinajstić information content (AvgIpc) is 2.75. The number of hydrogen-bond acceptors (Lipinski definition) is 3. The summed E-state index contributed by atoms with van der Waals surface area (Å²) in [4.78, 5) is 16.5. The molecule has 4 heteroatoms. The van der Waals surface area contributed by atoms with E-state index in [4.69, 9.17) is 0 Å². The molecule has 4 nitrogen and oxygen atoms in total. The first-order chi connectivity index (χ1) is 9.59. The van der Waals surface area contributed by atoms with Gasteiger partial charge in [0, 0.05) is 38.4 Å². The first kappa shape index (κ1) is 14.9. The van der Waals surface area contributed by atoms with Crippen LogP contribution in [0.3, 0.4) is 0 Å². The Kier molecular flexibility index (Phi) is 5.01. The number of nitrogens with zero attached hydrogens (tertiary/aromatic N) is 2. The van der Waals surface area contributed by atoms with E-state index in [1.807, 2.05) is 55.2 Å². The molecule has 1 N–H and O–H groups in total. The second-order valence-electron chi connectivity index (χ2n) is 5.69. The molecule has 20 heavy (non-hydrogen) atoms. The summed E-state index contributed by atoms with van der Waals surface area (Å²) in [6, 6.07) is 8.18. The Balaban J connectivity index is 2.05. The molecule has 1 aromatic rings. The molecule has 0 bridgehead atoms. The summed E-state index contributed by atoms with van der Waals surface area (Å²) in [5, 5.41) is 3.39. The molecule has 1 aliphatic heterocycles. The number of hydrogen-bond donors (Lipinski definition) is 1. The summed E-state index contributed by atoms with van der Waals surface area (Å²) in [5.41, 5.74) is 1.89. The zero-order valence-corrected chi connectivity index (χ0v) is 12.7. The number of rotatable bonds is 3. The van der Waals surface area contributed by atoms with Crippen LogP contribution in [0.25, 0.3) is 0 Å². The van der Waals surface area contributed by atoms with Gasteiger partial charge >= 0.3 is 0 Å². The van der Waals surface area contributed by atoms with Gasteiger partial charge < -0.3 is 15.1 Å². The summed E-state index contributed by atoms with van der Waals surface area (Å²) in [6.45, 7) is 2.07. The van der Waals surface area contributed by atoms with Crippen LogP contribution >= 0.6 is 0 Å². The number of anilines is 1. The van der Waals surface area contributed by atoms with E-state index in [0.717, 1.165) is 43.6 Å². The van der Waals surface area contributed by atoms with Gasteiger partial charge in [-0.3, -0.25) is 4.79 Å². The van der Waals surface area contributed by atoms with E-state index in [-0.39, 0.29) is 5.91 Å². The van der Waals surface area contributed by atoms with Crippen LogP contribution in [-0.4, -0.2) is 51.1 Å². The van der Waals surface area contributed by atoms with Gasteiger partial charge in [0.1, 0.15) is 0 Å². The maximum absolute atomic E-state index is 12.5. The fraction of sp³-hybridized carbons (Fsp3) is 0.562. The van der Waals surface area contributed by atoms with E-state index in [1.165, 1.54) is 0 Å². The summed E-state index contributed by atoms with van der Waals surface area (Å²) in [6.07, 6.45) is 3.27. The van der Waals surface area contributed by atoms with Crippen molar-refractivity contribution in [2.45, 2.75) is 25.3 Å². The van der Waals surface area contributed by atoms with Gasteiger partial charge in [0.15, 0.2) is 0 Å². The van der Waals surface area contributed by atoms with Gasteiger partial charge in [-0.05, 0) is 56.6 Å². The van der Waals surface area contributed by atoms with Crippen molar-refractivity contribution in [1.82, 2.24) is 10.2 Å². The van der Waals surface area contributed by atoms with Crippen LogP contribution in [0.2, 0.25) is 0 Å². The van der Waals surface area contributed by atoms with Gasteiger partial charge in [0.25, 0.3) is 5.91 Å². The molecule has 1 atom stereocenters. The van der Waals surface area contributed by atoms with Crippen molar-refractivity contribution >= 4 is 11.6 Å². The molecular formula is C16H25N3O. The quantitative estimate of drug-likeness (QED) is 0.916. The van der Waals surface area contributed by atoms with Crippen molar-refractivity contribution in [2.75, 3.05) is 39.1 Å². The standard InChI is InChI=1S/C16H25N3O/c1-18(2)14-8-6-13(7-9-14)16(20)19(3)15-5-4-11-17-12-10-15/h6-9,15,17H,4-5,10-12H2,1-3H3. The monoisotopic (exact) mass is 275 g/mol. The van der Waals surface area contributed by atoms with Crippen molar-refractivity contribution < 1.29 is 4.79 Å². The molecule has 110 valence electrons. The Morgan fingerprint density at radius 2 is 1.80 bits per heavy atom. The lowest BCUT2D eigenvalue weighted by molar-refractivity contribution is 0.0720. The molecule has 1 fully saturated rings. The molecule has 0 saturated carbocycles. The lowest BCUT2D eigenvalue weighted by Crippen LogP contribution is -2.37. The minimum absolute atomic E-state index is 0.127. The maximum atomic E-state index is 12.5. The highest BCUT2D eigenvalue weighted by molar-refractivity contribution is 5.94. The Labute approximate surface area is 121 Å². The number of carbonyl (C=O) groups excluding carboxylic acids is 1. The largest absolute Gasteiger partial charge is 0.378 e. The van der Waals surface area contributed by atoms with Crippen LogP contribution in [-0.2, 0) is 0 Å². The highest BCUT2D eigenvalue weighted by Crippen LogP contribution is 2.17. The van der Waals surface area contributed by atoms with Crippen LogP contribution in [0.4, 0.5) is 5.69 Å². The molecule has 0 aromatic heterocycles. The molecular weight excluding hydrogens is 250 g/mol. The van der Waals surface area contributed by atoms with E-state index in [2.05, 4.69) is 5.32 Å². The summed E-state index contributed by atoms with van der Waals surface area (Å²) in [7, 11) is 5.93. The van der Waals surface area contributed by atoms with Crippen LogP contribution in [0, 0.1) is 0 Å². The molecule has 1 saturated heterocycles. The predicted octanol–water partition coefficient (Wildman–Crippen LogP) is 1.97. The number of carbonyl (C=O) groups is 1. The average molecular weight is 275 g/mol. The number of nitrogens with one attached hydrogen (secondary N) is 1. The van der Waals surface area contributed by atoms with Crippen molar-refractivity contribution in [1.29, 1.82) is 0 Å². The Morgan fingerprint density at radius 3 is 2.45 bits per heavy atom. The Hall–Kier alpha value is -1.55. The first-order valence-corrected chi connectivity index (χ1v) is 7.35. The van der Waals surface area contributed by atoms with Gasteiger partial charge in [0.2, 0.25) is 0 Å². The molecule has 0 spiro atoms. The highest BCUT2D eigenvalue weighted by atomic mass is 16.2. The summed E-state index contributed by atoms with van der Waals surface area (Å²) < 4.78 is 0. The minimum Gasteiger partial charge on any atom is -0.378 e. The molecule has 1 amide bonds. The normalized spacial score (nSPS) is 19.2. The molecule has 1 aliphatic rings. The van der Waals surface area contributed by atoms with Crippen molar-refractivity contribution in [2.24, 2.45) is 0 Å². The summed E-state index contributed by atoms with van der Waals surface area (Å²) in [5.74, 6) is 0.127. The topological polar surface area (TPSA) is 35.6 Å². The molecule has 0 radical (unpaired) electrons. The zero-order chi connectivity index (χ0) is 14.5. The van der Waals surface area contributed by atoms with Crippen LogP contribution in [0.5, 0.6) is 0 Å². The molecule has 1 heterocycles. The first-order valence-electron chi connectivity index (χ1n) is 7.35. The fourth-order valence-electron chi connectivity index (χ4n) is 2.66. The fourth-order valence-corrected chi connectivity index (χ4v) is 2.66. The van der Waals surface area contributed by atoms with E-state index in [0.29, 0.717) is 6.04 Å². The lowest BCUT2D eigenvalue weighted by Gasteiger charge is -2.27. The Morgan fingerprint density at radius 1 is 1.10 bits per heavy atom. The van der Waals surface area contributed by atoms with Crippen molar-refractivity contribution in [3.8, 4) is 0 Å². The van der Waals surface area contributed by atoms with Gasteiger partial charge in [0.05, 0.1) is 0 Å². The zero-order valence-electron chi connectivity index (χ0n) is 12.7. The minimum atomic E-state index is 0.127. The predicted molar refractivity (Wildman–Crippen MR) is 83.4 cm³/mol. The van der Waals surface area contributed by atoms with Crippen LogP contribution < -0.4 is 10.2 Å². The summed E-state index contributed by atoms with van der Waals surface area (Å²) >= 11 is 0. The van der Waals surface area contributed by atoms with Crippen LogP contribution in [0.1, 0.15) is 29.6 Å². The number of amides is 1. The van der Waals surface area contributed by atoms with Crippen molar-refractivity contribution in [3.63, 3.8) is 0 Å².